The summed E-state index contributed by atoms with van der Waals surface area (Å²) in [5.74, 6) is -0.559. The number of nitrogens with two attached hydrogens (primary N) is 1. The number of hydrogen-bond acceptors (Lipinski definition) is 4. The van der Waals surface area contributed by atoms with Gasteiger partial charge in [-0.25, -0.2) is 4.79 Å². The van der Waals surface area contributed by atoms with Gasteiger partial charge < -0.3 is 15.8 Å². The minimum atomic E-state index is -0.468. The lowest BCUT2D eigenvalue weighted by atomic mass is 10.1. The van der Waals surface area contributed by atoms with E-state index in [0.29, 0.717) is 17.8 Å². The average Bonchev–Trinajstić information content (AvgIpc) is 2.35. The predicted octanol–water partition coefficient (Wildman–Crippen LogP) is 1.20. The van der Waals surface area contributed by atoms with E-state index in [2.05, 4.69) is 10.1 Å². The van der Waals surface area contributed by atoms with Gasteiger partial charge in [0.2, 0.25) is 5.91 Å². The quantitative estimate of drug-likeness (QED) is 0.619. The van der Waals surface area contributed by atoms with Crippen LogP contribution < -0.4 is 11.1 Å². The molecule has 0 unspecified atom stereocenters. The third-order valence-corrected chi connectivity index (χ3v) is 2.26. The molecule has 1 rings (SSSR count). The first-order valence-corrected chi connectivity index (χ1v) is 5.43. The van der Waals surface area contributed by atoms with Crippen LogP contribution in [0.2, 0.25) is 0 Å². The molecule has 96 valence electrons. The smallest absolute Gasteiger partial charge is 0.339 e. The van der Waals surface area contributed by atoms with Crippen molar-refractivity contribution in [3.05, 3.63) is 35.4 Å². The van der Waals surface area contributed by atoms with Crippen LogP contribution in [0, 0.1) is 0 Å². The molecular formula is C13H16N2O3. The molecule has 0 spiro atoms. The van der Waals surface area contributed by atoms with Gasteiger partial charge in [-0.3, -0.25) is 4.79 Å². The monoisotopic (exact) mass is 248 g/mol. The lowest BCUT2D eigenvalue weighted by molar-refractivity contribution is -0.118. The highest BCUT2D eigenvalue weighted by molar-refractivity contribution is 5.95. The normalized spacial score (nSPS) is 10.3. The second-order valence-electron chi connectivity index (χ2n) is 3.68. The van der Waals surface area contributed by atoms with Gasteiger partial charge in [0.1, 0.15) is 0 Å². The number of hydrogen-bond donors (Lipinski definition) is 2. The molecule has 1 aromatic carbocycles. The number of rotatable bonds is 4. The number of amides is 1. The Bertz CT molecular complexity index is 481. The van der Waals surface area contributed by atoms with E-state index in [9.17, 15) is 9.59 Å². The van der Waals surface area contributed by atoms with Crippen LogP contribution in [0.5, 0.6) is 0 Å². The molecule has 3 N–H and O–H groups in total. The molecule has 18 heavy (non-hydrogen) atoms. The fourth-order valence-corrected chi connectivity index (χ4v) is 1.36. The number of esters is 1. The minimum Gasteiger partial charge on any atom is -0.465 e. The Labute approximate surface area is 106 Å². The van der Waals surface area contributed by atoms with Crippen molar-refractivity contribution in [2.24, 2.45) is 0 Å². The number of benzene rings is 1. The first kappa shape index (κ1) is 13.8. The van der Waals surface area contributed by atoms with Crippen molar-refractivity contribution >= 4 is 23.6 Å². The van der Waals surface area contributed by atoms with Crippen molar-refractivity contribution in [2.45, 2.75) is 6.92 Å². The second kappa shape index (κ2) is 6.44. The van der Waals surface area contributed by atoms with Gasteiger partial charge in [0.25, 0.3) is 0 Å². The molecule has 0 aliphatic heterocycles. The molecule has 5 heteroatoms. The zero-order valence-corrected chi connectivity index (χ0v) is 10.4. The van der Waals surface area contributed by atoms with Crippen LogP contribution in [-0.4, -0.2) is 25.5 Å². The summed E-state index contributed by atoms with van der Waals surface area (Å²) in [5, 5.41) is 2.63. The zero-order chi connectivity index (χ0) is 13.5. The van der Waals surface area contributed by atoms with E-state index in [1.165, 1.54) is 14.0 Å². The summed E-state index contributed by atoms with van der Waals surface area (Å²) >= 11 is 0. The van der Waals surface area contributed by atoms with E-state index >= 15 is 0 Å². The first-order chi connectivity index (χ1) is 8.54. The average molecular weight is 248 g/mol. The minimum absolute atomic E-state index is 0.0906. The number of nitrogens with one attached hydrogen (secondary N) is 1. The topological polar surface area (TPSA) is 81.4 Å². The molecule has 0 aromatic heterocycles. The van der Waals surface area contributed by atoms with Gasteiger partial charge in [-0.05, 0) is 17.7 Å². The molecule has 0 aliphatic rings. The summed E-state index contributed by atoms with van der Waals surface area (Å²) in [4.78, 5) is 22.1. The Morgan fingerprint density at radius 3 is 2.78 bits per heavy atom. The van der Waals surface area contributed by atoms with Gasteiger partial charge in [0.15, 0.2) is 0 Å². The van der Waals surface area contributed by atoms with Crippen LogP contribution in [0.15, 0.2) is 24.3 Å². The molecular weight excluding hydrogens is 232 g/mol. The maximum absolute atomic E-state index is 11.4. The summed E-state index contributed by atoms with van der Waals surface area (Å²) < 4.78 is 4.63. The van der Waals surface area contributed by atoms with E-state index in [1.54, 1.807) is 30.4 Å². The highest BCUT2D eigenvalue weighted by Gasteiger charge is 2.09. The van der Waals surface area contributed by atoms with Crippen LogP contribution >= 0.6 is 0 Å². The molecule has 5 nitrogen and oxygen atoms in total. The molecule has 0 heterocycles. The van der Waals surface area contributed by atoms with Crippen molar-refractivity contribution in [3.63, 3.8) is 0 Å². The van der Waals surface area contributed by atoms with Crippen molar-refractivity contribution in [1.82, 2.24) is 5.32 Å². The fourth-order valence-electron chi connectivity index (χ4n) is 1.36. The molecule has 0 saturated heterocycles. The zero-order valence-electron chi connectivity index (χ0n) is 10.4. The van der Waals surface area contributed by atoms with Crippen LogP contribution in [0.25, 0.3) is 6.08 Å². The van der Waals surface area contributed by atoms with Crippen molar-refractivity contribution in [3.8, 4) is 0 Å². The molecule has 0 atom stereocenters. The number of carbonyl (C=O) groups is 2. The van der Waals surface area contributed by atoms with Gasteiger partial charge in [-0.2, -0.15) is 0 Å². The number of anilines is 1. The second-order valence-corrected chi connectivity index (χ2v) is 3.68. The van der Waals surface area contributed by atoms with E-state index in [0.717, 1.165) is 5.56 Å². The fraction of sp³-hybridized carbons (Fsp3) is 0.231. The SMILES string of the molecule is COC(=O)c1cc(C=CCNC(C)=O)ccc1N. The van der Waals surface area contributed by atoms with Crippen LogP contribution in [0.4, 0.5) is 5.69 Å². The van der Waals surface area contributed by atoms with E-state index < -0.39 is 5.97 Å². The Balaban J connectivity index is 2.79. The Hall–Kier alpha value is -2.30. The maximum atomic E-state index is 11.4. The largest absolute Gasteiger partial charge is 0.465 e. The lowest BCUT2D eigenvalue weighted by Gasteiger charge is -2.04. The van der Waals surface area contributed by atoms with Gasteiger partial charge in [0, 0.05) is 19.2 Å². The Kier molecular flexibility index (Phi) is 4.92. The number of ether oxygens (including phenoxy) is 1. The highest BCUT2D eigenvalue weighted by Crippen LogP contribution is 2.16. The molecule has 0 saturated carbocycles. The van der Waals surface area contributed by atoms with Crippen LogP contribution in [-0.2, 0) is 9.53 Å². The van der Waals surface area contributed by atoms with E-state index in [4.69, 9.17) is 5.73 Å². The van der Waals surface area contributed by atoms with Crippen molar-refractivity contribution in [1.29, 1.82) is 0 Å². The number of methoxy groups -OCH3 is 1. The van der Waals surface area contributed by atoms with Gasteiger partial charge in [0.05, 0.1) is 12.7 Å². The van der Waals surface area contributed by atoms with Crippen molar-refractivity contribution in [2.75, 3.05) is 19.4 Å². The summed E-state index contributed by atoms with van der Waals surface area (Å²) in [6.07, 6.45) is 3.58. The predicted molar refractivity (Wildman–Crippen MR) is 69.9 cm³/mol. The van der Waals surface area contributed by atoms with E-state index in [1.807, 2.05) is 0 Å². The summed E-state index contributed by atoms with van der Waals surface area (Å²) in [7, 11) is 1.31. The van der Waals surface area contributed by atoms with Gasteiger partial charge in [-0.1, -0.05) is 18.2 Å². The van der Waals surface area contributed by atoms with Crippen LogP contribution in [0.3, 0.4) is 0 Å². The Morgan fingerprint density at radius 2 is 2.17 bits per heavy atom. The maximum Gasteiger partial charge on any atom is 0.339 e. The molecule has 0 radical (unpaired) electrons. The molecule has 1 amide bonds. The molecule has 0 fully saturated rings. The lowest BCUT2D eigenvalue weighted by Crippen LogP contribution is -2.19. The third kappa shape index (κ3) is 3.93. The standard InChI is InChI=1S/C13H16N2O3/c1-9(16)15-7-3-4-10-5-6-12(14)11(8-10)13(17)18-2/h3-6,8H,7,14H2,1-2H3,(H,15,16). The number of carbonyl (C=O) groups excluding carboxylic acids is 2. The summed E-state index contributed by atoms with van der Waals surface area (Å²) in [5.41, 5.74) is 7.20. The van der Waals surface area contributed by atoms with E-state index in [-0.39, 0.29) is 5.91 Å². The summed E-state index contributed by atoms with van der Waals surface area (Å²) in [6.45, 7) is 1.89. The molecule has 0 bridgehead atoms. The number of nitrogen functional groups attached to an aromatic ring is 1. The highest BCUT2D eigenvalue weighted by atomic mass is 16.5. The van der Waals surface area contributed by atoms with Crippen molar-refractivity contribution < 1.29 is 14.3 Å². The Morgan fingerprint density at radius 1 is 1.44 bits per heavy atom. The molecule has 1 aromatic rings. The van der Waals surface area contributed by atoms with Gasteiger partial charge in [-0.15, -0.1) is 0 Å². The summed E-state index contributed by atoms with van der Waals surface area (Å²) in [6, 6.07) is 5.07. The first-order valence-electron chi connectivity index (χ1n) is 5.43. The van der Waals surface area contributed by atoms with Gasteiger partial charge >= 0.3 is 5.97 Å². The van der Waals surface area contributed by atoms with Crippen LogP contribution in [0.1, 0.15) is 22.8 Å². The molecule has 0 aliphatic carbocycles. The third-order valence-electron chi connectivity index (χ3n) is 2.26.